The molecule has 1 aliphatic carbocycles. The van der Waals surface area contributed by atoms with Gasteiger partial charge in [0.1, 0.15) is 5.82 Å². The monoisotopic (exact) mass is 347 g/mol. The van der Waals surface area contributed by atoms with Gasteiger partial charge in [-0.15, -0.1) is 0 Å². The topological polar surface area (TPSA) is 12.0 Å². The van der Waals surface area contributed by atoms with E-state index in [1.807, 2.05) is 18.2 Å². The van der Waals surface area contributed by atoms with Gasteiger partial charge in [-0.1, -0.05) is 40.2 Å². The Hall–Kier alpha value is -1.19. The van der Waals surface area contributed by atoms with Crippen molar-refractivity contribution >= 4 is 15.9 Å². The molecule has 3 heteroatoms. The molecule has 1 aliphatic rings. The number of halogens is 2. The van der Waals surface area contributed by atoms with Gasteiger partial charge >= 0.3 is 0 Å². The molecule has 0 spiro atoms. The molecule has 1 N–H and O–H groups in total. The van der Waals surface area contributed by atoms with E-state index >= 15 is 0 Å². The van der Waals surface area contributed by atoms with Gasteiger partial charge in [0.15, 0.2) is 0 Å². The lowest BCUT2D eigenvalue weighted by atomic mass is 9.92. The molecule has 0 radical (unpaired) electrons. The van der Waals surface area contributed by atoms with Crippen LogP contribution in [0.5, 0.6) is 0 Å². The predicted molar refractivity (Wildman–Crippen MR) is 88.0 cm³/mol. The lowest BCUT2D eigenvalue weighted by Gasteiger charge is -2.18. The van der Waals surface area contributed by atoms with Crippen molar-refractivity contribution in [3.8, 4) is 0 Å². The summed E-state index contributed by atoms with van der Waals surface area (Å²) in [5.41, 5.74) is 2.50. The van der Waals surface area contributed by atoms with E-state index in [0.29, 0.717) is 12.0 Å². The molecule has 1 atom stereocenters. The van der Waals surface area contributed by atoms with Crippen LogP contribution in [0, 0.1) is 5.82 Å². The van der Waals surface area contributed by atoms with E-state index in [4.69, 9.17) is 0 Å². The van der Waals surface area contributed by atoms with Crippen LogP contribution in [-0.4, -0.2) is 12.6 Å². The van der Waals surface area contributed by atoms with Gasteiger partial charge in [0.2, 0.25) is 0 Å². The maximum absolute atomic E-state index is 13.1. The number of nitrogens with one attached hydrogen (secondary N) is 1. The third kappa shape index (κ3) is 4.39. The summed E-state index contributed by atoms with van der Waals surface area (Å²) in [6.45, 7) is 0.947. The van der Waals surface area contributed by atoms with Gasteiger partial charge in [0.25, 0.3) is 0 Å². The first-order valence-corrected chi connectivity index (χ1v) is 8.23. The van der Waals surface area contributed by atoms with Crippen LogP contribution in [0.4, 0.5) is 4.39 Å². The van der Waals surface area contributed by atoms with Gasteiger partial charge in [-0.2, -0.15) is 0 Å². The maximum Gasteiger partial charge on any atom is 0.123 e. The Morgan fingerprint density at radius 3 is 2.57 bits per heavy atom. The highest BCUT2D eigenvalue weighted by Crippen LogP contribution is 2.25. The highest BCUT2D eigenvalue weighted by atomic mass is 79.9. The Balaban J connectivity index is 1.75. The van der Waals surface area contributed by atoms with Crippen molar-refractivity contribution in [2.75, 3.05) is 6.54 Å². The molecule has 1 unspecified atom stereocenters. The molecule has 110 valence electrons. The maximum atomic E-state index is 13.1. The highest BCUT2D eigenvalue weighted by molar-refractivity contribution is 9.10. The highest BCUT2D eigenvalue weighted by Gasteiger charge is 2.22. The van der Waals surface area contributed by atoms with E-state index < -0.39 is 0 Å². The first kappa shape index (κ1) is 14.7. The van der Waals surface area contributed by atoms with Gasteiger partial charge < -0.3 is 5.32 Å². The molecule has 0 bridgehead atoms. The normalized spacial score (nSPS) is 15.9. The fraction of sp³-hybridized carbons (Fsp3) is 0.333. The molecule has 0 heterocycles. The summed E-state index contributed by atoms with van der Waals surface area (Å²) in [5.74, 6) is 0.204. The minimum Gasteiger partial charge on any atom is -0.313 e. The van der Waals surface area contributed by atoms with Crippen molar-refractivity contribution in [1.29, 1.82) is 0 Å². The summed E-state index contributed by atoms with van der Waals surface area (Å²) < 4.78 is 14.2. The second-order valence-electron chi connectivity index (χ2n) is 5.77. The third-order valence-electron chi connectivity index (χ3n) is 3.94. The molecule has 1 nitrogen and oxygen atoms in total. The average molecular weight is 348 g/mol. The molecule has 0 saturated heterocycles. The minimum absolute atomic E-state index is 0.171. The molecule has 2 aromatic rings. The molecule has 1 saturated carbocycles. The van der Waals surface area contributed by atoms with Crippen molar-refractivity contribution < 1.29 is 4.39 Å². The lowest BCUT2D eigenvalue weighted by Crippen LogP contribution is -2.24. The Morgan fingerprint density at radius 2 is 1.90 bits per heavy atom. The van der Waals surface area contributed by atoms with E-state index in [9.17, 15) is 4.39 Å². The van der Waals surface area contributed by atoms with Crippen LogP contribution >= 0.6 is 15.9 Å². The summed E-state index contributed by atoms with van der Waals surface area (Å²) in [7, 11) is 0. The molecule has 0 amide bonds. The Morgan fingerprint density at radius 1 is 1.14 bits per heavy atom. The second-order valence-corrected chi connectivity index (χ2v) is 6.68. The molecule has 0 aliphatic heterocycles. The first-order chi connectivity index (χ1) is 10.2. The Bertz CT molecular complexity index is 592. The fourth-order valence-electron chi connectivity index (χ4n) is 2.59. The number of hydrogen-bond acceptors (Lipinski definition) is 1. The largest absolute Gasteiger partial charge is 0.313 e. The fourth-order valence-corrected chi connectivity index (χ4v) is 3.03. The molecule has 3 rings (SSSR count). The second kappa shape index (κ2) is 6.71. The van der Waals surface area contributed by atoms with Crippen LogP contribution in [-0.2, 0) is 6.42 Å². The van der Waals surface area contributed by atoms with Crippen molar-refractivity contribution in [2.24, 2.45) is 0 Å². The zero-order valence-electron chi connectivity index (χ0n) is 11.9. The molecular formula is C18H19BrFN. The summed E-state index contributed by atoms with van der Waals surface area (Å²) in [6.07, 6.45) is 3.53. The molecule has 1 fully saturated rings. The zero-order chi connectivity index (χ0) is 14.7. The Labute approximate surface area is 133 Å². The molecule has 21 heavy (non-hydrogen) atoms. The van der Waals surface area contributed by atoms with Gasteiger partial charge in [-0.3, -0.25) is 0 Å². The molecule has 2 aromatic carbocycles. The SMILES string of the molecule is Fc1ccc(C(CNC2CC2)Cc2cccc(Br)c2)cc1. The zero-order valence-corrected chi connectivity index (χ0v) is 13.4. The van der Waals surface area contributed by atoms with Crippen molar-refractivity contribution in [3.05, 3.63) is 69.9 Å². The van der Waals surface area contributed by atoms with E-state index in [0.717, 1.165) is 17.4 Å². The van der Waals surface area contributed by atoms with E-state index in [2.05, 4.69) is 39.4 Å². The van der Waals surface area contributed by atoms with Gasteiger partial charge in [0, 0.05) is 23.0 Å². The lowest BCUT2D eigenvalue weighted by molar-refractivity contribution is 0.574. The minimum atomic E-state index is -0.171. The van der Waals surface area contributed by atoms with Crippen LogP contribution < -0.4 is 5.32 Å². The number of benzene rings is 2. The summed E-state index contributed by atoms with van der Waals surface area (Å²) >= 11 is 3.52. The summed E-state index contributed by atoms with van der Waals surface area (Å²) in [4.78, 5) is 0. The van der Waals surface area contributed by atoms with E-state index in [-0.39, 0.29) is 5.82 Å². The van der Waals surface area contributed by atoms with Crippen molar-refractivity contribution in [2.45, 2.75) is 31.2 Å². The smallest absolute Gasteiger partial charge is 0.123 e. The first-order valence-electron chi connectivity index (χ1n) is 7.44. The van der Waals surface area contributed by atoms with Crippen LogP contribution in [0.15, 0.2) is 53.0 Å². The quantitative estimate of drug-likeness (QED) is 0.800. The summed E-state index contributed by atoms with van der Waals surface area (Å²) in [5, 5.41) is 3.60. The van der Waals surface area contributed by atoms with Crippen LogP contribution in [0.25, 0.3) is 0 Å². The van der Waals surface area contributed by atoms with Crippen LogP contribution in [0.2, 0.25) is 0 Å². The number of rotatable bonds is 6. The molecule has 0 aromatic heterocycles. The van der Waals surface area contributed by atoms with Crippen molar-refractivity contribution in [3.63, 3.8) is 0 Å². The Kier molecular flexibility index (Phi) is 4.71. The van der Waals surface area contributed by atoms with Crippen molar-refractivity contribution in [1.82, 2.24) is 5.32 Å². The summed E-state index contributed by atoms with van der Waals surface area (Å²) in [6, 6.07) is 16.0. The van der Waals surface area contributed by atoms with Gasteiger partial charge in [-0.25, -0.2) is 4.39 Å². The average Bonchev–Trinajstić information content (AvgIpc) is 3.29. The standard InChI is InChI=1S/C18H19BrFN/c19-16-3-1-2-13(11-16)10-15(12-21-18-8-9-18)14-4-6-17(20)7-5-14/h1-7,11,15,18,21H,8-10,12H2. The number of hydrogen-bond donors (Lipinski definition) is 1. The van der Waals surface area contributed by atoms with Gasteiger partial charge in [0.05, 0.1) is 0 Å². The third-order valence-corrected chi connectivity index (χ3v) is 4.44. The van der Waals surface area contributed by atoms with Gasteiger partial charge in [-0.05, 0) is 54.7 Å². The van der Waals surface area contributed by atoms with E-state index in [1.165, 1.54) is 24.0 Å². The van der Waals surface area contributed by atoms with E-state index in [1.54, 1.807) is 12.1 Å². The molecular weight excluding hydrogens is 329 g/mol. The predicted octanol–water partition coefficient (Wildman–Crippen LogP) is 4.67. The van der Waals surface area contributed by atoms with Crippen LogP contribution in [0.1, 0.15) is 29.9 Å². The van der Waals surface area contributed by atoms with Crippen LogP contribution in [0.3, 0.4) is 0 Å².